The minimum Gasteiger partial charge on any atom is -0.302 e. The van der Waals surface area contributed by atoms with Crippen molar-refractivity contribution in [1.82, 2.24) is 0 Å². The van der Waals surface area contributed by atoms with E-state index in [9.17, 15) is 4.79 Å². The Kier molecular flexibility index (Phi) is 4.36. The van der Waals surface area contributed by atoms with E-state index in [2.05, 4.69) is 46.8 Å². The Balaban J connectivity index is 1.91. The van der Waals surface area contributed by atoms with Crippen LogP contribution in [0.25, 0.3) is 10.1 Å². The first-order chi connectivity index (χ1) is 12.7. The van der Waals surface area contributed by atoms with Crippen molar-refractivity contribution in [3.8, 4) is 0 Å². The number of benzene rings is 2. The van der Waals surface area contributed by atoms with E-state index >= 15 is 0 Å². The smallest absolute Gasteiger partial charge is 0.270 e. The fourth-order valence-electron chi connectivity index (χ4n) is 4.33. The Labute approximate surface area is 169 Å². The van der Waals surface area contributed by atoms with E-state index in [1.165, 1.54) is 28.0 Å². The summed E-state index contributed by atoms with van der Waals surface area (Å²) in [6.07, 6.45) is 0.927. The highest BCUT2D eigenvalue weighted by atomic mass is 35.5. The maximum atomic E-state index is 13.7. The number of fused-ring (bicyclic) bond motifs is 2. The molecular formula is C23H24ClNOS. The molecule has 2 nitrogen and oxygen atoms in total. The monoisotopic (exact) mass is 397 g/mol. The second kappa shape index (κ2) is 6.35. The van der Waals surface area contributed by atoms with Gasteiger partial charge in [0.2, 0.25) is 0 Å². The SMILES string of the molecule is Cc1cc2c(cc1C)N(C(=O)c1sc3ccccc3c1Cl)C(C)(C)C[C@@H]2C. The molecule has 4 rings (SSSR count). The lowest BCUT2D eigenvalue weighted by Crippen LogP contribution is -2.51. The van der Waals surface area contributed by atoms with Crippen LogP contribution in [-0.4, -0.2) is 11.4 Å². The van der Waals surface area contributed by atoms with Crippen molar-refractivity contribution in [2.24, 2.45) is 0 Å². The number of rotatable bonds is 1. The summed E-state index contributed by atoms with van der Waals surface area (Å²) >= 11 is 8.13. The Morgan fingerprint density at radius 2 is 1.85 bits per heavy atom. The number of aryl methyl sites for hydroxylation is 2. The molecule has 0 radical (unpaired) electrons. The molecule has 2 heterocycles. The van der Waals surface area contributed by atoms with Gasteiger partial charge in [-0.05, 0) is 68.9 Å². The Morgan fingerprint density at radius 1 is 1.19 bits per heavy atom. The standard InChI is InChI=1S/C23H24ClNOS/c1-13-10-17-15(3)12-23(4,5)25(18(17)11-14(13)2)22(26)21-20(24)16-8-6-7-9-19(16)27-21/h6-11,15H,12H2,1-5H3/t15-/m0/s1. The molecule has 0 saturated heterocycles. The molecule has 140 valence electrons. The third kappa shape index (κ3) is 2.88. The normalized spacial score (nSPS) is 18.6. The van der Waals surface area contributed by atoms with Crippen LogP contribution in [0.1, 0.15) is 59.5 Å². The van der Waals surface area contributed by atoms with Crippen LogP contribution in [0.3, 0.4) is 0 Å². The van der Waals surface area contributed by atoms with Gasteiger partial charge in [-0.3, -0.25) is 4.79 Å². The fourth-order valence-corrected chi connectivity index (χ4v) is 5.77. The number of anilines is 1. The van der Waals surface area contributed by atoms with Crippen molar-refractivity contribution in [3.05, 3.63) is 63.0 Å². The van der Waals surface area contributed by atoms with Crippen molar-refractivity contribution in [1.29, 1.82) is 0 Å². The summed E-state index contributed by atoms with van der Waals surface area (Å²) in [4.78, 5) is 16.3. The zero-order valence-electron chi connectivity index (χ0n) is 16.4. The number of thiophene rings is 1. The van der Waals surface area contributed by atoms with E-state index in [0.29, 0.717) is 15.8 Å². The predicted molar refractivity (Wildman–Crippen MR) is 117 cm³/mol. The lowest BCUT2D eigenvalue weighted by atomic mass is 9.79. The molecule has 1 amide bonds. The highest BCUT2D eigenvalue weighted by Gasteiger charge is 2.41. The first kappa shape index (κ1) is 18.5. The van der Waals surface area contributed by atoms with Gasteiger partial charge >= 0.3 is 0 Å². The van der Waals surface area contributed by atoms with Gasteiger partial charge in [0.25, 0.3) is 5.91 Å². The van der Waals surface area contributed by atoms with Crippen LogP contribution in [0.15, 0.2) is 36.4 Å². The molecule has 27 heavy (non-hydrogen) atoms. The highest BCUT2D eigenvalue weighted by Crippen LogP contribution is 2.46. The first-order valence-electron chi connectivity index (χ1n) is 9.33. The van der Waals surface area contributed by atoms with E-state index in [4.69, 9.17) is 11.6 Å². The van der Waals surface area contributed by atoms with Crippen LogP contribution in [0.4, 0.5) is 5.69 Å². The summed E-state index contributed by atoms with van der Waals surface area (Å²) in [5.41, 5.74) is 4.49. The van der Waals surface area contributed by atoms with E-state index in [1.807, 2.05) is 29.2 Å². The Morgan fingerprint density at radius 3 is 2.56 bits per heavy atom. The highest BCUT2D eigenvalue weighted by molar-refractivity contribution is 7.21. The first-order valence-corrected chi connectivity index (χ1v) is 10.5. The summed E-state index contributed by atoms with van der Waals surface area (Å²) in [5, 5.41) is 1.52. The van der Waals surface area contributed by atoms with Crippen LogP contribution in [0, 0.1) is 13.8 Å². The summed E-state index contributed by atoms with van der Waals surface area (Å²) in [6, 6.07) is 12.4. The van der Waals surface area contributed by atoms with E-state index < -0.39 is 0 Å². The van der Waals surface area contributed by atoms with E-state index in [1.54, 1.807) is 0 Å². The van der Waals surface area contributed by atoms with Crippen molar-refractivity contribution in [3.63, 3.8) is 0 Å². The summed E-state index contributed by atoms with van der Waals surface area (Å²) < 4.78 is 1.05. The van der Waals surface area contributed by atoms with Crippen LogP contribution < -0.4 is 4.90 Å². The lowest BCUT2D eigenvalue weighted by Gasteiger charge is -2.46. The molecule has 1 aliphatic rings. The van der Waals surface area contributed by atoms with Gasteiger partial charge in [0.15, 0.2) is 0 Å². The van der Waals surface area contributed by atoms with E-state index in [0.717, 1.165) is 22.2 Å². The molecule has 2 aromatic carbocycles. The molecule has 0 saturated carbocycles. The van der Waals surface area contributed by atoms with Gasteiger partial charge < -0.3 is 4.90 Å². The molecule has 1 aromatic heterocycles. The van der Waals surface area contributed by atoms with Crippen LogP contribution in [0.2, 0.25) is 5.02 Å². The molecule has 1 atom stereocenters. The third-order valence-corrected chi connectivity index (χ3v) is 7.42. The lowest BCUT2D eigenvalue weighted by molar-refractivity contribution is 0.0958. The summed E-state index contributed by atoms with van der Waals surface area (Å²) in [7, 11) is 0. The molecule has 3 aromatic rings. The molecular weight excluding hydrogens is 374 g/mol. The average molecular weight is 398 g/mol. The Bertz CT molecular complexity index is 1070. The minimum atomic E-state index is -0.273. The van der Waals surface area contributed by atoms with E-state index in [-0.39, 0.29) is 11.4 Å². The molecule has 0 N–H and O–H groups in total. The van der Waals surface area contributed by atoms with Gasteiger partial charge in [-0.1, -0.05) is 42.8 Å². The van der Waals surface area contributed by atoms with Gasteiger partial charge in [-0.25, -0.2) is 0 Å². The minimum absolute atomic E-state index is 0.00241. The largest absolute Gasteiger partial charge is 0.302 e. The van der Waals surface area contributed by atoms with Crippen molar-refractivity contribution in [2.45, 2.75) is 52.5 Å². The molecule has 0 aliphatic carbocycles. The molecule has 1 aliphatic heterocycles. The topological polar surface area (TPSA) is 20.3 Å². The molecule has 0 fully saturated rings. The number of nitrogens with zero attached hydrogens (tertiary/aromatic N) is 1. The van der Waals surface area contributed by atoms with Gasteiger partial charge in [-0.15, -0.1) is 11.3 Å². The van der Waals surface area contributed by atoms with Crippen LogP contribution >= 0.6 is 22.9 Å². The van der Waals surface area contributed by atoms with Crippen molar-refractivity contribution >= 4 is 44.6 Å². The fraction of sp³-hybridized carbons (Fsp3) is 0.348. The second-order valence-corrected chi connectivity index (χ2v) is 9.72. The Hall–Kier alpha value is -1.84. The number of amides is 1. The zero-order chi connectivity index (χ0) is 19.5. The number of hydrogen-bond donors (Lipinski definition) is 0. The molecule has 0 spiro atoms. The summed E-state index contributed by atoms with van der Waals surface area (Å²) in [6.45, 7) is 10.8. The molecule has 0 unspecified atom stereocenters. The number of carbonyl (C=O) groups excluding carboxylic acids is 1. The number of halogens is 1. The van der Waals surface area contributed by atoms with Crippen LogP contribution in [-0.2, 0) is 0 Å². The van der Waals surface area contributed by atoms with Gasteiger partial charge in [0, 0.05) is 21.3 Å². The van der Waals surface area contributed by atoms with Gasteiger partial charge in [-0.2, -0.15) is 0 Å². The quantitative estimate of drug-likeness (QED) is 0.428. The number of carbonyl (C=O) groups is 1. The molecule has 4 heteroatoms. The third-order valence-electron chi connectivity index (χ3n) is 5.76. The predicted octanol–water partition coefficient (Wildman–Crippen LogP) is 7.10. The maximum Gasteiger partial charge on any atom is 0.270 e. The molecule has 0 bridgehead atoms. The average Bonchev–Trinajstić information content (AvgIpc) is 2.93. The van der Waals surface area contributed by atoms with Crippen molar-refractivity contribution in [2.75, 3.05) is 4.90 Å². The van der Waals surface area contributed by atoms with Gasteiger partial charge in [0.05, 0.1) is 5.02 Å². The van der Waals surface area contributed by atoms with Gasteiger partial charge in [0.1, 0.15) is 4.88 Å². The van der Waals surface area contributed by atoms with Crippen LogP contribution in [0.5, 0.6) is 0 Å². The zero-order valence-corrected chi connectivity index (χ0v) is 18.0. The maximum absolute atomic E-state index is 13.7. The number of hydrogen-bond acceptors (Lipinski definition) is 2. The van der Waals surface area contributed by atoms with Crippen molar-refractivity contribution < 1.29 is 4.79 Å². The summed E-state index contributed by atoms with van der Waals surface area (Å²) in [5.74, 6) is 0.416. The second-order valence-electron chi connectivity index (χ2n) is 8.29.